The monoisotopic (exact) mass is 231 g/mol. The number of hydrogen-bond donors (Lipinski definition) is 0. The average Bonchev–Trinajstić information content (AvgIpc) is 2.36. The van der Waals surface area contributed by atoms with Crippen molar-refractivity contribution in [2.45, 2.75) is 33.1 Å². The summed E-state index contributed by atoms with van der Waals surface area (Å²) in [6, 6.07) is 7.44. The van der Waals surface area contributed by atoms with Gasteiger partial charge < -0.3 is 4.74 Å². The van der Waals surface area contributed by atoms with Crippen molar-refractivity contribution in [3.8, 4) is 11.8 Å². The standard InChI is InChI=1S/C14H17NO2/c1-3-13(16)5-4-8-17-14-9-12(10-15)7-6-11(14)2/h6-7,9H,3-5,8H2,1-2H3. The normalized spacial score (nSPS) is 9.71. The van der Waals surface area contributed by atoms with Crippen molar-refractivity contribution in [2.24, 2.45) is 0 Å². The minimum atomic E-state index is 0.260. The Morgan fingerprint density at radius 2 is 2.24 bits per heavy atom. The molecule has 0 radical (unpaired) electrons. The number of rotatable bonds is 6. The lowest BCUT2D eigenvalue weighted by Gasteiger charge is -2.08. The van der Waals surface area contributed by atoms with Crippen LogP contribution in [0.25, 0.3) is 0 Å². The van der Waals surface area contributed by atoms with E-state index in [2.05, 4.69) is 6.07 Å². The van der Waals surface area contributed by atoms with E-state index in [-0.39, 0.29) is 5.78 Å². The Morgan fingerprint density at radius 1 is 1.47 bits per heavy atom. The lowest BCUT2D eigenvalue weighted by atomic mass is 10.1. The van der Waals surface area contributed by atoms with Gasteiger partial charge in [0.15, 0.2) is 0 Å². The molecular formula is C14H17NO2. The SMILES string of the molecule is CCC(=O)CCCOc1cc(C#N)ccc1C. The fourth-order valence-corrected chi connectivity index (χ4v) is 1.45. The van der Waals surface area contributed by atoms with Gasteiger partial charge in [-0.2, -0.15) is 5.26 Å². The highest BCUT2D eigenvalue weighted by atomic mass is 16.5. The zero-order valence-corrected chi connectivity index (χ0v) is 10.3. The van der Waals surface area contributed by atoms with Crippen molar-refractivity contribution >= 4 is 5.78 Å². The van der Waals surface area contributed by atoms with Crippen molar-refractivity contribution in [1.29, 1.82) is 5.26 Å². The van der Waals surface area contributed by atoms with E-state index in [0.717, 1.165) is 17.7 Å². The van der Waals surface area contributed by atoms with Crippen LogP contribution in [0, 0.1) is 18.3 Å². The molecule has 0 fully saturated rings. The molecule has 90 valence electrons. The largest absolute Gasteiger partial charge is 0.493 e. The zero-order valence-electron chi connectivity index (χ0n) is 10.3. The van der Waals surface area contributed by atoms with Crippen LogP contribution in [-0.2, 0) is 4.79 Å². The fourth-order valence-electron chi connectivity index (χ4n) is 1.45. The third kappa shape index (κ3) is 4.28. The lowest BCUT2D eigenvalue weighted by molar-refractivity contribution is -0.118. The van der Waals surface area contributed by atoms with Crippen molar-refractivity contribution < 1.29 is 9.53 Å². The molecule has 0 aromatic heterocycles. The molecule has 0 unspecified atom stereocenters. The van der Waals surface area contributed by atoms with Gasteiger partial charge in [0, 0.05) is 12.8 Å². The second-order valence-electron chi connectivity index (χ2n) is 3.94. The number of Topliss-reactive ketones (excluding diaryl/α,β-unsaturated/α-hetero) is 1. The highest BCUT2D eigenvalue weighted by Crippen LogP contribution is 2.19. The van der Waals surface area contributed by atoms with Gasteiger partial charge in [0.05, 0.1) is 18.2 Å². The van der Waals surface area contributed by atoms with Gasteiger partial charge in [0.1, 0.15) is 11.5 Å². The predicted octanol–water partition coefficient (Wildman–Crippen LogP) is 3.00. The maximum absolute atomic E-state index is 11.1. The van der Waals surface area contributed by atoms with Gasteiger partial charge in [-0.25, -0.2) is 0 Å². The van der Waals surface area contributed by atoms with Crippen LogP contribution in [0.15, 0.2) is 18.2 Å². The number of aryl methyl sites for hydroxylation is 1. The van der Waals surface area contributed by atoms with E-state index in [1.165, 1.54) is 0 Å². The Morgan fingerprint density at radius 3 is 2.88 bits per heavy atom. The van der Waals surface area contributed by atoms with E-state index in [0.29, 0.717) is 25.0 Å². The van der Waals surface area contributed by atoms with E-state index in [1.807, 2.05) is 19.9 Å². The number of ether oxygens (including phenoxy) is 1. The van der Waals surface area contributed by atoms with Crippen molar-refractivity contribution in [3.63, 3.8) is 0 Å². The van der Waals surface area contributed by atoms with Crippen molar-refractivity contribution in [3.05, 3.63) is 29.3 Å². The van der Waals surface area contributed by atoms with Gasteiger partial charge in [-0.1, -0.05) is 13.0 Å². The van der Waals surface area contributed by atoms with Gasteiger partial charge in [-0.05, 0) is 31.0 Å². The summed E-state index contributed by atoms with van der Waals surface area (Å²) in [6.45, 7) is 4.32. The molecule has 1 aromatic rings. The number of carbonyl (C=O) groups is 1. The molecule has 1 aromatic carbocycles. The van der Waals surface area contributed by atoms with Gasteiger partial charge in [-0.15, -0.1) is 0 Å². The molecular weight excluding hydrogens is 214 g/mol. The predicted molar refractivity (Wildman–Crippen MR) is 65.9 cm³/mol. The summed E-state index contributed by atoms with van der Waals surface area (Å²) < 4.78 is 5.57. The number of ketones is 1. The first-order valence-corrected chi connectivity index (χ1v) is 5.82. The molecule has 0 heterocycles. The van der Waals surface area contributed by atoms with Crippen LogP contribution in [0.1, 0.15) is 37.3 Å². The van der Waals surface area contributed by atoms with Crippen LogP contribution >= 0.6 is 0 Å². The van der Waals surface area contributed by atoms with Crippen LogP contribution in [0.3, 0.4) is 0 Å². The van der Waals surface area contributed by atoms with E-state index in [1.54, 1.807) is 12.1 Å². The first kappa shape index (κ1) is 13.2. The minimum Gasteiger partial charge on any atom is -0.493 e. The summed E-state index contributed by atoms with van der Waals surface area (Å²) in [5.74, 6) is 0.990. The van der Waals surface area contributed by atoms with Crippen LogP contribution in [0.2, 0.25) is 0 Å². The molecule has 3 nitrogen and oxygen atoms in total. The number of hydrogen-bond acceptors (Lipinski definition) is 3. The van der Waals surface area contributed by atoms with E-state index in [9.17, 15) is 4.79 Å². The molecule has 0 aliphatic heterocycles. The fraction of sp³-hybridized carbons (Fsp3) is 0.429. The summed E-state index contributed by atoms with van der Waals surface area (Å²) in [7, 11) is 0. The van der Waals surface area contributed by atoms with Crippen LogP contribution < -0.4 is 4.74 Å². The smallest absolute Gasteiger partial charge is 0.132 e. The second-order valence-corrected chi connectivity index (χ2v) is 3.94. The molecule has 0 saturated heterocycles. The number of benzene rings is 1. The number of nitriles is 1. The average molecular weight is 231 g/mol. The number of carbonyl (C=O) groups excluding carboxylic acids is 1. The topological polar surface area (TPSA) is 50.1 Å². The Bertz CT molecular complexity index is 432. The molecule has 0 bridgehead atoms. The van der Waals surface area contributed by atoms with Crippen LogP contribution in [0.5, 0.6) is 5.75 Å². The molecule has 1 rings (SSSR count). The molecule has 17 heavy (non-hydrogen) atoms. The van der Waals surface area contributed by atoms with Crippen LogP contribution in [-0.4, -0.2) is 12.4 Å². The quantitative estimate of drug-likeness (QED) is 0.707. The first-order chi connectivity index (χ1) is 8.17. The van der Waals surface area contributed by atoms with Gasteiger partial charge in [0.25, 0.3) is 0 Å². The molecule has 3 heteroatoms. The third-order valence-corrected chi connectivity index (χ3v) is 2.57. The van der Waals surface area contributed by atoms with E-state index in [4.69, 9.17) is 10.00 Å². The van der Waals surface area contributed by atoms with E-state index < -0.39 is 0 Å². The number of nitrogens with zero attached hydrogens (tertiary/aromatic N) is 1. The maximum atomic E-state index is 11.1. The van der Waals surface area contributed by atoms with Gasteiger partial charge >= 0.3 is 0 Å². The van der Waals surface area contributed by atoms with E-state index >= 15 is 0 Å². The third-order valence-electron chi connectivity index (χ3n) is 2.57. The summed E-state index contributed by atoms with van der Waals surface area (Å²) in [5, 5.41) is 8.78. The molecule has 0 amide bonds. The summed E-state index contributed by atoms with van der Waals surface area (Å²) >= 11 is 0. The molecule has 0 spiro atoms. The first-order valence-electron chi connectivity index (χ1n) is 5.82. The zero-order chi connectivity index (χ0) is 12.7. The maximum Gasteiger partial charge on any atom is 0.132 e. The van der Waals surface area contributed by atoms with Gasteiger partial charge in [0.2, 0.25) is 0 Å². The Labute approximate surface area is 102 Å². The Hall–Kier alpha value is -1.82. The van der Waals surface area contributed by atoms with Crippen molar-refractivity contribution in [1.82, 2.24) is 0 Å². The lowest BCUT2D eigenvalue weighted by Crippen LogP contribution is -2.03. The summed E-state index contributed by atoms with van der Waals surface area (Å²) in [6.07, 6.45) is 1.87. The summed E-state index contributed by atoms with van der Waals surface area (Å²) in [5.41, 5.74) is 1.60. The molecule has 0 atom stereocenters. The molecule has 0 saturated carbocycles. The minimum absolute atomic E-state index is 0.260. The Balaban J connectivity index is 2.46. The molecule has 0 N–H and O–H groups in total. The van der Waals surface area contributed by atoms with Crippen molar-refractivity contribution in [2.75, 3.05) is 6.61 Å². The second kappa shape index (κ2) is 6.70. The van der Waals surface area contributed by atoms with Crippen LogP contribution in [0.4, 0.5) is 0 Å². The summed E-state index contributed by atoms with van der Waals surface area (Å²) in [4.78, 5) is 11.1. The highest BCUT2D eigenvalue weighted by Gasteiger charge is 2.02. The highest BCUT2D eigenvalue weighted by molar-refractivity contribution is 5.77. The molecule has 0 aliphatic carbocycles. The molecule has 0 aliphatic rings. The Kier molecular flexibility index (Phi) is 5.22. The van der Waals surface area contributed by atoms with Gasteiger partial charge in [-0.3, -0.25) is 4.79 Å².